The number of fused-ring (bicyclic) bond motifs is 1. The van der Waals surface area contributed by atoms with Gasteiger partial charge in [-0.2, -0.15) is 0 Å². The summed E-state index contributed by atoms with van der Waals surface area (Å²) in [6.07, 6.45) is -0.0867. The molecule has 2 unspecified atom stereocenters. The van der Waals surface area contributed by atoms with Gasteiger partial charge in [0.2, 0.25) is 11.8 Å². The summed E-state index contributed by atoms with van der Waals surface area (Å²) in [5, 5.41) is 16.1. The molecule has 0 saturated carbocycles. The zero-order valence-electron chi connectivity index (χ0n) is 16.0. The van der Waals surface area contributed by atoms with Crippen LogP contribution in [0, 0.1) is 0 Å². The number of aliphatic carboxylic acids is 1. The molecule has 2 aliphatic heterocycles. The highest BCUT2D eigenvalue weighted by atomic mass is 32.2. The number of thiazole rings is 1. The van der Waals surface area contributed by atoms with E-state index in [0.29, 0.717) is 16.4 Å². The number of β-lactam (4-membered cyclic amide) rings is 1. The molecule has 0 aromatic carbocycles. The van der Waals surface area contributed by atoms with Gasteiger partial charge in [-0.05, 0) is 0 Å². The van der Waals surface area contributed by atoms with Gasteiger partial charge in [0.05, 0.1) is 12.1 Å². The van der Waals surface area contributed by atoms with Crippen LogP contribution in [-0.2, 0) is 35.1 Å². The van der Waals surface area contributed by atoms with E-state index in [0.717, 1.165) is 4.90 Å². The predicted octanol–water partition coefficient (Wildman–Crippen LogP) is -0.0543. The zero-order valence-corrected chi connectivity index (χ0v) is 17.6. The van der Waals surface area contributed by atoms with Crippen molar-refractivity contribution < 1.29 is 33.8 Å². The third kappa shape index (κ3) is 4.62. The summed E-state index contributed by atoms with van der Waals surface area (Å²) in [5.74, 6) is -2.86. The number of nitrogens with zero attached hydrogens (tertiary/aromatic N) is 2. The number of aromatic nitrogens is 1. The number of anilines is 1. The quantitative estimate of drug-likeness (QED) is 0.380. The highest BCUT2D eigenvalue weighted by Crippen LogP contribution is 2.40. The van der Waals surface area contributed by atoms with E-state index >= 15 is 0 Å². The molecule has 0 bridgehead atoms. The third-order valence-corrected chi connectivity index (χ3v) is 6.34. The number of thioether (sulfide) groups is 1. The Labute approximate surface area is 178 Å². The standard InChI is InChI=1S/C17H18N4O7S2/c1-7(22)18-17-19-10(6-30-17)3-11(24)20-12-14(25)21-13(16(26)27)9(4-28-8(2)23)5-29-15(12)21/h6,12,15H,3-5H2,1-2H3,(H,20,24)(H,26,27)(H,18,19,22). The number of carboxylic acids is 1. The van der Waals surface area contributed by atoms with Crippen LogP contribution in [0.5, 0.6) is 0 Å². The summed E-state index contributed by atoms with van der Waals surface area (Å²) >= 11 is 2.46. The molecule has 3 N–H and O–H groups in total. The van der Waals surface area contributed by atoms with Gasteiger partial charge in [-0.25, -0.2) is 9.78 Å². The molecule has 2 atom stereocenters. The molecule has 13 heteroatoms. The predicted molar refractivity (Wildman–Crippen MR) is 106 cm³/mol. The van der Waals surface area contributed by atoms with Crippen molar-refractivity contribution in [3.63, 3.8) is 0 Å². The van der Waals surface area contributed by atoms with Gasteiger partial charge in [0.25, 0.3) is 5.91 Å². The second kappa shape index (κ2) is 8.83. The van der Waals surface area contributed by atoms with Crippen LogP contribution >= 0.6 is 23.1 Å². The van der Waals surface area contributed by atoms with Gasteiger partial charge in [0, 0.05) is 30.6 Å². The minimum absolute atomic E-state index is 0.0867. The Hall–Kier alpha value is -2.93. The smallest absolute Gasteiger partial charge is 0.352 e. The van der Waals surface area contributed by atoms with Crippen molar-refractivity contribution in [1.82, 2.24) is 15.2 Å². The average molecular weight is 454 g/mol. The minimum atomic E-state index is -1.30. The van der Waals surface area contributed by atoms with Crippen molar-refractivity contribution in [2.45, 2.75) is 31.7 Å². The van der Waals surface area contributed by atoms with Gasteiger partial charge in [-0.1, -0.05) is 0 Å². The summed E-state index contributed by atoms with van der Waals surface area (Å²) in [6, 6.07) is -0.861. The van der Waals surface area contributed by atoms with Crippen LogP contribution in [0.15, 0.2) is 16.7 Å². The zero-order chi connectivity index (χ0) is 22.0. The van der Waals surface area contributed by atoms with Crippen molar-refractivity contribution in [2.24, 2.45) is 0 Å². The number of carboxylic acid groups (broad SMARTS) is 1. The summed E-state index contributed by atoms with van der Waals surface area (Å²) in [4.78, 5) is 63.8. The Bertz CT molecular complexity index is 958. The van der Waals surface area contributed by atoms with Gasteiger partial charge >= 0.3 is 11.9 Å². The Kier molecular flexibility index (Phi) is 6.41. The van der Waals surface area contributed by atoms with Crippen LogP contribution in [0.3, 0.4) is 0 Å². The van der Waals surface area contributed by atoms with Crippen molar-refractivity contribution in [2.75, 3.05) is 17.7 Å². The Morgan fingerprint density at radius 1 is 1.33 bits per heavy atom. The molecule has 1 saturated heterocycles. The van der Waals surface area contributed by atoms with Crippen LogP contribution in [0.2, 0.25) is 0 Å². The van der Waals surface area contributed by atoms with E-state index in [2.05, 4.69) is 15.6 Å². The Balaban J connectivity index is 1.64. The fourth-order valence-corrected chi connectivity index (χ4v) is 5.05. The second-order valence-electron chi connectivity index (χ2n) is 6.49. The van der Waals surface area contributed by atoms with Crippen molar-refractivity contribution >= 4 is 57.9 Å². The summed E-state index contributed by atoms with van der Waals surface area (Å²) < 4.78 is 4.88. The number of esters is 1. The highest BCUT2D eigenvalue weighted by Gasteiger charge is 2.54. The molecule has 1 aromatic rings. The first kappa shape index (κ1) is 21.8. The number of carbonyl (C=O) groups excluding carboxylic acids is 4. The van der Waals surface area contributed by atoms with E-state index in [9.17, 15) is 29.1 Å². The SMILES string of the molecule is CC(=O)Nc1nc(CC(=O)NC2C(=O)N3C(C(=O)O)=C(COC(C)=O)CSC23)cs1. The third-order valence-electron chi connectivity index (χ3n) is 4.19. The van der Waals surface area contributed by atoms with Gasteiger partial charge in [0.1, 0.15) is 23.7 Å². The van der Waals surface area contributed by atoms with E-state index in [4.69, 9.17) is 4.74 Å². The van der Waals surface area contributed by atoms with Crippen LogP contribution in [0.25, 0.3) is 0 Å². The van der Waals surface area contributed by atoms with E-state index < -0.39 is 35.2 Å². The molecule has 0 radical (unpaired) electrons. The summed E-state index contributed by atoms with van der Waals surface area (Å²) in [5.41, 5.74) is 0.552. The normalized spacial score (nSPS) is 20.2. The van der Waals surface area contributed by atoms with Crippen LogP contribution in [-0.4, -0.2) is 68.4 Å². The average Bonchev–Trinajstić information content (AvgIpc) is 3.09. The van der Waals surface area contributed by atoms with E-state index in [1.54, 1.807) is 5.38 Å². The molecule has 3 rings (SSSR count). The lowest BCUT2D eigenvalue weighted by Gasteiger charge is -2.49. The maximum absolute atomic E-state index is 12.5. The van der Waals surface area contributed by atoms with Gasteiger partial charge in [-0.3, -0.25) is 24.1 Å². The van der Waals surface area contributed by atoms with Crippen LogP contribution in [0.4, 0.5) is 5.13 Å². The fourth-order valence-electron chi connectivity index (χ4n) is 2.97. The lowest BCUT2D eigenvalue weighted by molar-refractivity contribution is -0.151. The van der Waals surface area contributed by atoms with Crippen LogP contribution < -0.4 is 10.6 Å². The fraction of sp³-hybridized carbons (Fsp3) is 0.412. The molecular formula is C17H18N4O7S2. The van der Waals surface area contributed by atoms with Gasteiger partial charge < -0.3 is 20.5 Å². The summed E-state index contributed by atoms with van der Waals surface area (Å²) in [6.45, 7) is 2.35. The maximum atomic E-state index is 12.5. The molecule has 3 heterocycles. The minimum Gasteiger partial charge on any atom is -0.477 e. The van der Waals surface area contributed by atoms with Gasteiger partial charge in [-0.15, -0.1) is 23.1 Å². The molecule has 1 fully saturated rings. The molecule has 160 valence electrons. The maximum Gasteiger partial charge on any atom is 0.352 e. The number of rotatable bonds is 7. The first-order valence-corrected chi connectivity index (χ1v) is 10.6. The molecular weight excluding hydrogens is 436 g/mol. The van der Waals surface area contributed by atoms with Gasteiger partial charge in [0.15, 0.2) is 5.13 Å². The van der Waals surface area contributed by atoms with E-state index in [1.165, 1.54) is 36.9 Å². The summed E-state index contributed by atoms with van der Waals surface area (Å²) in [7, 11) is 0. The molecule has 30 heavy (non-hydrogen) atoms. The van der Waals surface area contributed by atoms with E-state index in [1.807, 2.05) is 0 Å². The molecule has 11 nitrogen and oxygen atoms in total. The number of hydrogen-bond acceptors (Lipinski definition) is 9. The Morgan fingerprint density at radius 3 is 2.70 bits per heavy atom. The molecule has 1 aromatic heterocycles. The Morgan fingerprint density at radius 2 is 2.07 bits per heavy atom. The van der Waals surface area contributed by atoms with E-state index in [-0.39, 0.29) is 30.4 Å². The molecule has 3 amide bonds. The number of carbonyl (C=O) groups is 5. The largest absolute Gasteiger partial charge is 0.477 e. The first-order chi connectivity index (χ1) is 14.2. The number of ether oxygens (including phenoxy) is 1. The molecule has 0 aliphatic carbocycles. The second-order valence-corrected chi connectivity index (χ2v) is 8.46. The number of amides is 3. The van der Waals surface area contributed by atoms with Crippen molar-refractivity contribution in [3.05, 3.63) is 22.3 Å². The van der Waals surface area contributed by atoms with Crippen molar-refractivity contribution in [1.29, 1.82) is 0 Å². The molecule has 2 aliphatic rings. The topological polar surface area (TPSA) is 155 Å². The van der Waals surface area contributed by atoms with Crippen LogP contribution in [0.1, 0.15) is 19.5 Å². The lowest BCUT2D eigenvalue weighted by Crippen LogP contribution is -2.70. The number of hydrogen-bond donors (Lipinski definition) is 3. The number of nitrogens with one attached hydrogen (secondary N) is 2. The van der Waals surface area contributed by atoms with Crippen molar-refractivity contribution in [3.8, 4) is 0 Å². The highest BCUT2D eigenvalue weighted by molar-refractivity contribution is 8.00. The molecule has 0 spiro atoms. The first-order valence-electron chi connectivity index (χ1n) is 8.72. The lowest BCUT2D eigenvalue weighted by atomic mass is 10.0. The monoisotopic (exact) mass is 454 g/mol.